The van der Waals surface area contributed by atoms with Crippen LogP contribution in [-0.2, 0) is 17.6 Å². The van der Waals surface area contributed by atoms with Crippen LogP contribution in [0.5, 0.6) is 0 Å². The van der Waals surface area contributed by atoms with Gasteiger partial charge in [-0.2, -0.15) is 0 Å². The molecule has 1 aliphatic carbocycles. The van der Waals surface area contributed by atoms with E-state index in [1.54, 1.807) is 12.2 Å². The summed E-state index contributed by atoms with van der Waals surface area (Å²) in [6.07, 6.45) is 11.0. The van der Waals surface area contributed by atoms with Crippen molar-refractivity contribution in [1.82, 2.24) is 26.1 Å². The van der Waals surface area contributed by atoms with Gasteiger partial charge in [0, 0.05) is 23.5 Å². The standard InChI is InChI=1S/C22H29N5O2/c1-6-8-14(7-2)20-25-17-10-9-15(24-21(28)29-22(3,4)5)13-16(17)19(26-20)18-11-12-23-27-18/h6-8,11-12,15,18,23,27H,1-2,9-10,13H2,3-5H3,(H,24,28)/b14-8+. The number of hydrazine groups is 1. The highest BCUT2D eigenvalue weighted by Gasteiger charge is 2.29. The summed E-state index contributed by atoms with van der Waals surface area (Å²) in [5.41, 5.74) is 9.47. The third-order valence-electron chi connectivity index (χ3n) is 4.71. The van der Waals surface area contributed by atoms with Crippen molar-refractivity contribution in [3.8, 4) is 0 Å². The van der Waals surface area contributed by atoms with Crippen LogP contribution in [0.3, 0.4) is 0 Å². The fraction of sp³-hybridized carbons (Fsp3) is 0.409. The summed E-state index contributed by atoms with van der Waals surface area (Å²) >= 11 is 0. The maximum Gasteiger partial charge on any atom is 0.407 e. The van der Waals surface area contributed by atoms with E-state index in [1.807, 2.05) is 39.1 Å². The zero-order valence-corrected chi connectivity index (χ0v) is 17.3. The first-order valence-electron chi connectivity index (χ1n) is 9.83. The lowest BCUT2D eigenvalue weighted by Gasteiger charge is -2.29. The normalized spacial score (nSPS) is 21.1. The molecular formula is C22H29N5O2. The first-order chi connectivity index (χ1) is 13.8. The topological polar surface area (TPSA) is 88.2 Å². The minimum absolute atomic E-state index is 0.0218. The van der Waals surface area contributed by atoms with Crippen LogP contribution < -0.4 is 16.2 Å². The summed E-state index contributed by atoms with van der Waals surface area (Å²) in [6, 6.07) is -0.0907. The molecule has 1 aliphatic heterocycles. The van der Waals surface area contributed by atoms with Gasteiger partial charge < -0.3 is 15.5 Å². The predicted octanol–water partition coefficient (Wildman–Crippen LogP) is 3.28. The van der Waals surface area contributed by atoms with E-state index in [-0.39, 0.29) is 12.1 Å². The molecule has 3 rings (SSSR count). The lowest BCUT2D eigenvalue weighted by atomic mass is 9.88. The molecule has 2 aliphatic rings. The summed E-state index contributed by atoms with van der Waals surface area (Å²) in [5, 5.41) is 2.99. The molecule has 0 radical (unpaired) electrons. The van der Waals surface area contributed by atoms with Crippen molar-refractivity contribution in [3.05, 3.63) is 66.4 Å². The van der Waals surface area contributed by atoms with Crippen molar-refractivity contribution in [2.24, 2.45) is 0 Å². The van der Waals surface area contributed by atoms with E-state index in [0.29, 0.717) is 12.2 Å². The molecule has 29 heavy (non-hydrogen) atoms. The number of aryl methyl sites for hydroxylation is 1. The number of aromatic nitrogens is 2. The molecule has 1 aromatic rings. The van der Waals surface area contributed by atoms with E-state index in [9.17, 15) is 4.79 Å². The number of carbonyl (C=O) groups is 1. The van der Waals surface area contributed by atoms with Gasteiger partial charge in [-0.1, -0.05) is 31.4 Å². The Morgan fingerprint density at radius 1 is 1.34 bits per heavy atom. The molecule has 7 nitrogen and oxygen atoms in total. The summed E-state index contributed by atoms with van der Waals surface area (Å²) in [7, 11) is 0. The number of allylic oxidation sites excluding steroid dienone is 4. The molecule has 0 spiro atoms. The average molecular weight is 396 g/mol. The van der Waals surface area contributed by atoms with Gasteiger partial charge in [-0.05, 0) is 51.7 Å². The Balaban J connectivity index is 1.90. The molecule has 0 bridgehead atoms. The van der Waals surface area contributed by atoms with Gasteiger partial charge in [0.15, 0.2) is 5.82 Å². The van der Waals surface area contributed by atoms with Gasteiger partial charge in [0.2, 0.25) is 0 Å². The van der Waals surface area contributed by atoms with Gasteiger partial charge in [0.05, 0.1) is 11.7 Å². The molecule has 2 unspecified atom stereocenters. The molecule has 3 N–H and O–H groups in total. The highest BCUT2D eigenvalue weighted by molar-refractivity contribution is 5.71. The van der Waals surface area contributed by atoms with Gasteiger partial charge >= 0.3 is 6.09 Å². The average Bonchev–Trinajstić information content (AvgIpc) is 3.18. The Morgan fingerprint density at radius 2 is 2.14 bits per heavy atom. The SMILES string of the molecule is C=C/C=C(\C=C)c1nc2c(c(C3C=CNN3)n1)CC(NC(=O)OC(C)(C)C)CC2. The van der Waals surface area contributed by atoms with Crippen molar-refractivity contribution in [2.45, 2.75) is 57.7 Å². The van der Waals surface area contributed by atoms with E-state index in [1.165, 1.54) is 0 Å². The number of hydrogen-bond acceptors (Lipinski definition) is 6. The van der Waals surface area contributed by atoms with Gasteiger partial charge in [0.1, 0.15) is 5.60 Å². The number of fused-ring (bicyclic) bond motifs is 1. The first-order valence-corrected chi connectivity index (χ1v) is 9.83. The second-order valence-corrected chi connectivity index (χ2v) is 8.13. The highest BCUT2D eigenvalue weighted by Crippen LogP contribution is 2.29. The molecular weight excluding hydrogens is 366 g/mol. The van der Waals surface area contributed by atoms with Crippen molar-refractivity contribution in [3.63, 3.8) is 0 Å². The Hall–Kier alpha value is -2.93. The fourth-order valence-corrected chi connectivity index (χ4v) is 3.47. The van der Waals surface area contributed by atoms with E-state index >= 15 is 0 Å². The first kappa shape index (κ1) is 20.8. The minimum atomic E-state index is -0.525. The molecule has 0 saturated carbocycles. The summed E-state index contributed by atoms with van der Waals surface area (Å²) in [5.74, 6) is 0.634. The summed E-state index contributed by atoms with van der Waals surface area (Å²) in [4.78, 5) is 21.8. The second-order valence-electron chi connectivity index (χ2n) is 8.13. The maximum atomic E-state index is 12.2. The Bertz CT molecular complexity index is 867. The van der Waals surface area contributed by atoms with Crippen LogP contribution in [0, 0.1) is 0 Å². The summed E-state index contributed by atoms with van der Waals surface area (Å²) in [6.45, 7) is 13.2. The van der Waals surface area contributed by atoms with Gasteiger partial charge in [0.25, 0.3) is 0 Å². The van der Waals surface area contributed by atoms with E-state index < -0.39 is 11.7 Å². The van der Waals surface area contributed by atoms with Crippen molar-refractivity contribution in [1.29, 1.82) is 0 Å². The number of amides is 1. The van der Waals surface area contributed by atoms with E-state index in [2.05, 4.69) is 29.3 Å². The summed E-state index contributed by atoms with van der Waals surface area (Å²) < 4.78 is 5.41. The van der Waals surface area contributed by atoms with Crippen molar-refractivity contribution in [2.75, 3.05) is 0 Å². The molecule has 1 aromatic heterocycles. The van der Waals surface area contributed by atoms with Crippen LogP contribution in [0.2, 0.25) is 0 Å². The van der Waals surface area contributed by atoms with Crippen LogP contribution >= 0.6 is 0 Å². The quantitative estimate of drug-likeness (QED) is 0.663. The maximum absolute atomic E-state index is 12.2. The zero-order valence-electron chi connectivity index (χ0n) is 17.3. The molecule has 2 heterocycles. The van der Waals surface area contributed by atoms with Crippen LogP contribution in [-0.4, -0.2) is 27.7 Å². The molecule has 0 saturated heterocycles. The van der Waals surface area contributed by atoms with E-state index in [4.69, 9.17) is 14.7 Å². The largest absolute Gasteiger partial charge is 0.444 e. The minimum Gasteiger partial charge on any atom is -0.444 e. The van der Waals surface area contributed by atoms with Crippen LogP contribution in [0.4, 0.5) is 4.79 Å². The number of nitrogens with one attached hydrogen (secondary N) is 3. The number of carbonyl (C=O) groups excluding carboxylic acids is 1. The number of rotatable bonds is 5. The smallest absolute Gasteiger partial charge is 0.407 e. The fourth-order valence-electron chi connectivity index (χ4n) is 3.47. The van der Waals surface area contributed by atoms with Gasteiger partial charge in [-0.3, -0.25) is 0 Å². The molecule has 0 aromatic carbocycles. The number of ether oxygens (including phenoxy) is 1. The van der Waals surface area contributed by atoms with Crippen LogP contribution in [0.25, 0.3) is 5.57 Å². The van der Waals surface area contributed by atoms with Crippen LogP contribution in [0.1, 0.15) is 56.0 Å². The van der Waals surface area contributed by atoms with Crippen LogP contribution in [0.15, 0.2) is 43.7 Å². The molecule has 1 amide bonds. The molecule has 2 atom stereocenters. The molecule has 154 valence electrons. The number of hydrogen-bond donors (Lipinski definition) is 3. The van der Waals surface area contributed by atoms with Gasteiger partial charge in [-0.25, -0.2) is 20.2 Å². The lowest BCUT2D eigenvalue weighted by molar-refractivity contribution is 0.0500. The number of nitrogens with zero attached hydrogens (tertiary/aromatic N) is 2. The van der Waals surface area contributed by atoms with Crippen molar-refractivity contribution >= 4 is 11.7 Å². The molecule has 0 fully saturated rings. The highest BCUT2D eigenvalue weighted by atomic mass is 16.6. The second kappa shape index (κ2) is 8.61. The van der Waals surface area contributed by atoms with E-state index in [0.717, 1.165) is 35.4 Å². The Kier molecular flexibility index (Phi) is 6.17. The molecule has 7 heteroatoms. The monoisotopic (exact) mass is 395 g/mol. The van der Waals surface area contributed by atoms with Crippen molar-refractivity contribution < 1.29 is 9.53 Å². The van der Waals surface area contributed by atoms with Gasteiger partial charge in [-0.15, -0.1) is 0 Å². The Labute approximate surface area is 172 Å². The third kappa shape index (κ3) is 5.12. The lowest BCUT2D eigenvalue weighted by Crippen LogP contribution is -2.42. The number of alkyl carbamates (subject to hydrolysis) is 1. The third-order valence-corrected chi connectivity index (χ3v) is 4.71. The predicted molar refractivity (Wildman–Crippen MR) is 114 cm³/mol. The Morgan fingerprint density at radius 3 is 2.76 bits per heavy atom. The zero-order chi connectivity index (χ0) is 21.0.